The van der Waals surface area contributed by atoms with Gasteiger partial charge in [0.05, 0.1) is 24.0 Å². The Morgan fingerprint density at radius 1 is 0.912 bits per heavy atom. The average molecular weight is 474 g/mol. The lowest BCUT2D eigenvalue weighted by atomic mass is 9.87. The van der Waals surface area contributed by atoms with Gasteiger partial charge in [0.2, 0.25) is 0 Å². The van der Waals surface area contributed by atoms with Crippen LogP contribution in [0, 0.1) is 28.6 Å². The van der Waals surface area contributed by atoms with E-state index in [1.54, 1.807) is 0 Å². The maximum atomic E-state index is 6.59. The number of aryl methyl sites for hydroxylation is 1. The van der Waals surface area contributed by atoms with Gasteiger partial charge in [0.1, 0.15) is 18.3 Å². The fraction of sp³-hybridized carbons (Fsp3) is 0.929. The molecule has 0 radical (unpaired) electrons. The zero-order valence-corrected chi connectivity index (χ0v) is 22.8. The molecular formula is C28H47N3O3. The Kier molecular flexibility index (Phi) is 6.21. The van der Waals surface area contributed by atoms with Crippen molar-refractivity contribution in [2.75, 3.05) is 0 Å². The number of fused-ring (bicyclic) bond motifs is 3. The molecule has 3 heterocycles. The first-order valence-electron chi connectivity index (χ1n) is 13.7. The second-order valence-electron chi connectivity index (χ2n) is 14.4. The smallest absolute Gasteiger partial charge is 0.164 e. The molecule has 0 bridgehead atoms. The van der Waals surface area contributed by atoms with Crippen molar-refractivity contribution >= 4 is 0 Å². The van der Waals surface area contributed by atoms with Gasteiger partial charge in [-0.15, -0.1) is 5.10 Å². The van der Waals surface area contributed by atoms with E-state index in [1.165, 1.54) is 37.1 Å². The Labute approximate surface area is 206 Å². The van der Waals surface area contributed by atoms with Crippen LogP contribution in [0.3, 0.4) is 0 Å². The first kappa shape index (κ1) is 24.7. The lowest BCUT2D eigenvalue weighted by Gasteiger charge is -2.28. The highest BCUT2D eigenvalue weighted by Crippen LogP contribution is 2.56. The van der Waals surface area contributed by atoms with E-state index in [4.69, 9.17) is 14.2 Å². The minimum Gasteiger partial charge on any atom is -0.367 e. The van der Waals surface area contributed by atoms with E-state index in [9.17, 15) is 0 Å². The van der Waals surface area contributed by atoms with E-state index in [0.717, 1.165) is 37.0 Å². The molecule has 0 aromatic carbocycles. The van der Waals surface area contributed by atoms with Crippen LogP contribution in [0.1, 0.15) is 98.9 Å². The minimum absolute atomic E-state index is 0.0136. The first-order valence-corrected chi connectivity index (χ1v) is 13.7. The maximum absolute atomic E-state index is 6.59. The van der Waals surface area contributed by atoms with Gasteiger partial charge in [0, 0.05) is 0 Å². The van der Waals surface area contributed by atoms with Gasteiger partial charge in [-0.3, -0.25) is 0 Å². The molecule has 6 heteroatoms. The summed E-state index contributed by atoms with van der Waals surface area (Å²) in [4.78, 5) is 0. The van der Waals surface area contributed by atoms with Gasteiger partial charge in [0.15, 0.2) is 5.79 Å². The molecule has 3 fully saturated rings. The van der Waals surface area contributed by atoms with E-state index in [1.807, 2.05) is 13.8 Å². The summed E-state index contributed by atoms with van der Waals surface area (Å²) in [6.45, 7) is 18.6. The number of aromatic nitrogens is 3. The van der Waals surface area contributed by atoms with Crippen molar-refractivity contribution in [2.45, 2.75) is 137 Å². The van der Waals surface area contributed by atoms with Gasteiger partial charge in [-0.25, -0.2) is 4.68 Å². The quantitative estimate of drug-likeness (QED) is 0.560. The maximum Gasteiger partial charge on any atom is 0.164 e. The molecule has 4 aliphatic rings. The van der Waals surface area contributed by atoms with E-state index >= 15 is 0 Å². The standard InChI is InChI=1S/C28H47N3O3/c1-26(2,3)14-13-19-17-9-11-20-21(12-10-18(17)19)31(30-29-20)16-23-25-24(33-28(7,8)34-25)22(32-23)15-27(4,5)6/h17-19,22-25H,9-16H2,1-8H3/t17-,18+,19?,22?,23?,24?,25?/m0/s1. The van der Waals surface area contributed by atoms with Crippen LogP contribution in [-0.2, 0) is 33.6 Å². The number of hydrogen-bond acceptors (Lipinski definition) is 5. The molecule has 1 saturated carbocycles. The highest BCUT2D eigenvalue weighted by atomic mass is 16.8. The summed E-state index contributed by atoms with van der Waals surface area (Å²) in [5.41, 5.74) is 3.16. The summed E-state index contributed by atoms with van der Waals surface area (Å²) in [7, 11) is 0. The molecule has 5 unspecified atom stereocenters. The van der Waals surface area contributed by atoms with Crippen LogP contribution < -0.4 is 0 Å². The predicted octanol–water partition coefficient (Wildman–Crippen LogP) is 5.57. The van der Waals surface area contributed by atoms with Gasteiger partial charge in [-0.2, -0.15) is 0 Å². The molecule has 2 aliphatic carbocycles. The third kappa shape index (κ3) is 5.24. The van der Waals surface area contributed by atoms with Crippen molar-refractivity contribution in [3.8, 4) is 0 Å². The number of rotatable bonds is 5. The SMILES string of the molecule is CC(C)(C)CCC1[C@H]2CCc3nnn(CC4OC(CC(C)(C)C)C5OC(C)(C)OC45)c3CC[C@@H]12. The van der Waals surface area contributed by atoms with E-state index in [2.05, 4.69) is 56.5 Å². The van der Waals surface area contributed by atoms with Crippen molar-refractivity contribution in [2.24, 2.45) is 28.6 Å². The van der Waals surface area contributed by atoms with Crippen LogP contribution >= 0.6 is 0 Å². The Bertz CT molecular complexity index is 880. The summed E-state index contributed by atoms with van der Waals surface area (Å²) >= 11 is 0. The van der Waals surface area contributed by atoms with Crippen LogP contribution in [0.15, 0.2) is 0 Å². The first-order chi connectivity index (χ1) is 15.8. The van der Waals surface area contributed by atoms with Crippen LogP contribution in [0.25, 0.3) is 0 Å². The van der Waals surface area contributed by atoms with Gasteiger partial charge >= 0.3 is 0 Å². The normalized spacial score (nSPS) is 37.0. The number of ether oxygens (including phenoxy) is 3. The molecule has 34 heavy (non-hydrogen) atoms. The van der Waals surface area contributed by atoms with Gasteiger partial charge in [-0.05, 0) is 87.4 Å². The molecule has 1 aromatic rings. The summed E-state index contributed by atoms with van der Waals surface area (Å²) in [5.74, 6) is 2.17. The molecule has 7 atom stereocenters. The average Bonchev–Trinajstić information content (AvgIpc) is 2.89. The van der Waals surface area contributed by atoms with Crippen LogP contribution in [-0.4, -0.2) is 45.2 Å². The zero-order valence-electron chi connectivity index (χ0n) is 22.8. The van der Waals surface area contributed by atoms with Crippen molar-refractivity contribution in [1.82, 2.24) is 15.0 Å². The second-order valence-corrected chi connectivity index (χ2v) is 14.4. The summed E-state index contributed by atoms with van der Waals surface area (Å²) in [5, 5.41) is 9.25. The Morgan fingerprint density at radius 2 is 1.56 bits per heavy atom. The molecule has 5 rings (SSSR count). The number of nitrogens with zero attached hydrogens (tertiary/aromatic N) is 3. The Hall–Kier alpha value is -0.980. The lowest BCUT2D eigenvalue weighted by molar-refractivity contribution is -0.191. The fourth-order valence-electron chi connectivity index (χ4n) is 6.86. The number of hydrogen-bond donors (Lipinski definition) is 0. The molecule has 0 amide bonds. The zero-order chi connectivity index (χ0) is 24.5. The van der Waals surface area contributed by atoms with E-state index < -0.39 is 5.79 Å². The van der Waals surface area contributed by atoms with E-state index in [-0.39, 0.29) is 29.8 Å². The molecular weight excluding hydrogens is 426 g/mol. The largest absolute Gasteiger partial charge is 0.367 e. The highest BCUT2D eigenvalue weighted by molar-refractivity contribution is 5.16. The van der Waals surface area contributed by atoms with Gasteiger partial charge in [0.25, 0.3) is 0 Å². The monoisotopic (exact) mass is 473 g/mol. The predicted molar refractivity (Wildman–Crippen MR) is 132 cm³/mol. The molecule has 2 aliphatic heterocycles. The highest BCUT2D eigenvalue weighted by Gasteiger charge is 2.56. The fourth-order valence-corrected chi connectivity index (χ4v) is 6.86. The van der Waals surface area contributed by atoms with Crippen molar-refractivity contribution in [3.05, 3.63) is 11.4 Å². The summed E-state index contributed by atoms with van der Waals surface area (Å²) < 4.78 is 21.4. The van der Waals surface area contributed by atoms with E-state index in [0.29, 0.717) is 12.0 Å². The molecule has 0 spiro atoms. The van der Waals surface area contributed by atoms with Crippen molar-refractivity contribution in [3.63, 3.8) is 0 Å². The summed E-state index contributed by atoms with van der Waals surface area (Å²) in [6, 6.07) is 0. The van der Waals surface area contributed by atoms with Crippen molar-refractivity contribution in [1.29, 1.82) is 0 Å². The van der Waals surface area contributed by atoms with Crippen LogP contribution in [0.5, 0.6) is 0 Å². The summed E-state index contributed by atoms with van der Waals surface area (Å²) in [6.07, 6.45) is 8.32. The molecule has 0 N–H and O–H groups in total. The topological polar surface area (TPSA) is 58.4 Å². The lowest BCUT2D eigenvalue weighted by Crippen LogP contribution is -2.33. The minimum atomic E-state index is -0.562. The molecule has 6 nitrogen and oxygen atoms in total. The molecule has 192 valence electrons. The third-order valence-corrected chi connectivity index (χ3v) is 8.50. The Balaban J connectivity index is 1.26. The van der Waals surface area contributed by atoms with Crippen LogP contribution in [0.2, 0.25) is 0 Å². The van der Waals surface area contributed by atoms with Gasteiger partial charge in [-0.1, -0.05) is 46.8 Å². The molecule has 2 saturated heterocycles. The van der Waals surface area contributed by atoms with Crippen molar-refractivity contribution < 1.29 is 14.2 Å². The third-order valence-electron chi connectivity index (χ3n) is 8.50. The van der Waals surface area contributed by atoms with Gasteiger partial charge < -0.3 is 14.2 Å². The second kappa shape index (κ2) is 8.55. The molecule has 1 aromatic heterocycles. The van der Waals surface area contributed by atoms with Crippen LogP contribution in [0.4, 0.5) is 0 Å². The Morgan fingerprint density at radius 3 is 2.21 bits per heavy atom.